The second-order valence-corrected chi connectivity index (χ2v) is 5.25. The van der Waals surface area contributed by atoms with Crippen molar-refractivity contribution in [2.45, 2.75) is 0 Å². The van der Waals surface area contributed by atoms with Gasteiger partial charge in [0, 0.05) is 14.5 Å². The van der Waals surface area contributed by atoms with Gasteiger partial charge in [0.15, 0.2) is 0 Å². The van der Waals surface area contributed by atoms with E-state index in [0.29, 0.717) is 16.5 Å². The van der Waals surface area contributed by atoms with Crippen LogP contribution >= 0.6 is 22.6 Å². The maximum Gasteiger partial charge on any atom is 0.294 e. The molecular formula is C15H9IO3. The number of rotatable bonds is 2. The molecule has 4 heteroatoms. The van der Waals surface area contributed by atoms with Crippen LogP contribution in [-0.2, 0) is 0 Å². The third-order valence-electron chi connectivity index (χ3n) is 2.92. The Morgan fingerprint density at radius 2 is 1.74 bits per heavy atom. The predicted octanol–water partition coefficient (Wildman–Crippen LogP) is 3.97. The first-order chi connectivity index (χ1) is 9.18. The van der Waals surface area contributed by atoms with Crippen LogP contribution < -0.4 is 0 Å². The number of aromatic hydroxyl groups is 1. The third kappa shape index (κ3) is 2.02. The van der Waals surface area contributed by atoms with Crippen LogP contribution in [0.15, 0.2) is 52.9 Å². The fourth-order valence-corrected chi connectivity index (χ4v) is 2.66. The molecular weight excluding hydrogens is 355 g/mol. The van der Waals surface area contributed by atoms with Gasteiger partial charge in [0.1, 0.15) is 11.1 Å². The molecule has 0 aliphatic rings. The van der Waals surface area contributed by atoms with Crippen LogP contribution in [0, 0.1) is 3.57 Å². The number of hydrogen-bond donors (Lipinski definition) is 1. The van der Waals surface area contributed by atoms with E-state index in [2.05, 4.69) is 22.6 Å². The van der Waals surface area contributed by atoms with Crippen molar-refractivity contribution in [2.75, 3.05) is 0 Å². The van der Waals surface area contributed by atoms with Crippen molar-refractivity contribution in [2.24, 2.45) is 0 Å². The van der Waals surface area contributed by atoms with Crippen molar-refractivity contribution in [1.29, 1.82) is 0 Å². The van der Waals surface area contributed by atoms with E-state index in [-0.39, 0.29) is 17.3 Å². The van der Waals surface area contributed by atoms with Crippen molar-refractivity contribution in [3.63, 3.8) is 0 Å². The molecule has 0 aliphatic heterocycles. The number of fused-ring (bicyclic) bond motifs is 1. The zero-order valence-electron chi connectivity index (χ0n) is 9.76. The molecule has 2 aromatic carbocycles. The van der Waals surface area contributed by atoms with Crippen molar-refractivity contribution in [3.8, 4) is 5.95 Å². The molecule has 0 saturated carbocycles. The smallest absolute Gasteiger partial charge is 0.294 e. The molecule has 0 aliphatic carbocycles. The molecule has 1 heterocycles. The highest BCUT2D eigenvalue weighted by Gasteiger charge is 2.22. The summed E-state index contributed by atoms with van der Waals surface area (Å²) in [5, 5.41) is 10.5. The van der Waals surface area contributed by atoms with Crippen LogP contribution in [0.1, 0.15) is 15.9 Å². The Labute approximate surface area is 123 Å². The normalized spacial score (nSPS) is 10.8. The van der Waals surface area contributed by atoms with E-state index in [1.165, 1.54) is 0 Å². The summed E-state index contributed by atoms with van der Waals surface area (Å²) in [6.45, 7) is 0. The highest BCUT2D eigenvalue weighted by Crippen LogP contribution is 2.33. The maximum atomic E-state index is 12.5. The maximum absolute atomic E-state index is 12.5. The van der Waals surface area contributed by atoms with E-state index < -0.39 is 0 Å². The number of hydrogen-bond acceptors (Lipinski definition) is 3. The minimum absolute atomic E-state index is 0.222. The monoisotopic (exact) mass is 364 g/mol. The minimum atomic E-state index is -0.328. The molecule has 1 aromatic heterocycles. The summed E-state index contributed by atoms with van der Waals surface area (Å²) < 4.78 is 6.06. The molecule has 94 valence electrons. The van der Waals surface area contributed by atoms with Crippen molar-refractivity contribution < 1.29 is 14.3 Å². The molecule has 0 spiro atoms. The lowest BCUT2D eigenvalue weighted by atomic mass is 10.0. The van der Waals surface area contributed by atoms with Gasteiger partial charge in [0.2, 0.25) is 5.78 Å². The number of carbonyl (C=O) groups excluding carboxylic acids is 1. The molecule has 0 amide bonds. The zero-order chi connectivity index (χ0) is 13.4. The van der Waals surface area contributed by atoms with Gasteiger partial charge in [-0.3, -0.25) is 4.79 Å². The first kappa shape index (κ1) is 12.2. The lowest BCUT2D eigenvalue weighted by Crippen LogP contribution is -2.02. The molecule has 0 radical (unpaired) electrons. The lowest BCUT2D eigenvalue weighted by molar-refractivity contribution is 0.103. The minimum Gasteiger partial charge on any atom is -0.480 e. The van der Waals surface area contributed by atoms with Gasteiger partial charge in [-0.15, -0.1) is 0 Å². The van der Waals surface area contributed by atoms with Crippen molar-refractivity contribution in [1.82, 2.24) is 0 Å². The second kappa shape index (κ2) is 4.70. The number of furan rings is 1. The standard InChI is InChI=1S/C15H9IO3/c16-11-7-3-1-5-9(11)14(17)13-10-6-2-4-8-12(10)19-15(13)18/h1-8,18H. The Kier molecular flexibility index (Phi) is 3.02. The summed E-state index contributed by atoms with van der Waals surface area (Å²) in [5.74, 6) is -0.557. The summed E-state index contributed by atoms with van der Waals surface area (Å²) in [5.41, 5.74) is 1.29. The van der Waals surface area contributed by atoms with E-state index in [9.17, 15) is 9.90 Å². The summed E-state index contributed by atoms with van der Waals surface area (Å²) in [4.78, 5) is 12.5. The summed E-state index contributed by atoms with van der Waals surface area (Å²) in [7, 11) is 0. The number of ketones is 1. The lowest BCUT2D eigenvalue weighted by Gasteiger charge is -2.02. The summed E-state index contributed by atoms with van der Waals surface area (Å²) in [6.07, 6.45) is 0. The Hall–Kier alpha value is -1.82. The quantitative estimate of drug-likeness (QED) is 0.553. The second-order valence-electron chi connectivity index (χ2n) is 4.09. The highest BCUT2D eigenvalue weighted by atomic mass is 127. The predicted molar refractivity (Wildman–Crippen MR) is 80.5 cm³/mol. The number of benzene rings is 2. The van der Waals surface area contributed by atoms with E-state index >= 15 is 0 Å². The van der Waals surface area contributed by atoms with Gasteiger partial charge in [-0.05, 0) is 40.8 Å². The van der Waals surface area contributed by atoms with Gasteiger partial charge in [0.25, 0.3) is 5.95 Å². The highest BCUT2D eigenvalue weighted by molar-refractivity contribution is 14.1. The topological polar surface area (TPSA) is 50.4 Å². The molecule has 0 bridgehead atoms. The molecule has 0 fully saturated rings. The van der Waals surface area contributed by atoms with Gasteiger partial charge in [-0.25, -0.2) is 0 Å². The fraction of sp³-hybridized carbons (Fsp3) is 0. The van der Waals surface area contributed by atoms with Crippen LogP contribution in [-0.4, -0.2) is 10.9 Å². The average molecular weight is 364 g/mol. The van der Waals surface area contributed by atoms with Gasteiger partial charge in [0.05, 0.1) is 0 Å². The first-order valence-corrected chi connectivity index (χ1v) is 6.76. The van der Waals surface area contributed by atoms with Crippen LogP contribution in [0.4, 0.5) is 0 Å². The molecule has 0 unspecified atom stereocenters. The number of halogens is 1. The summed E-state index contributed by atoms with van der Waals surface area (Å²) in [6, 6.07) is 14.4. The van der Waals surface area contributed by atoms with Crippen LogP contribution in [0.25, 0.3) is 11.0 Å². The Morgan fingerprint density at radius 3 is 2.53 bits per heavy atom. The van der Waals surface area contributed by atoms with Crippen LogP contribution in [0.3, 0.4) is 0 Å². The Morgan fingerprint density at radius 1 is 1.05 bits per heavy atom. The average Bonchev–Trinajstić information content (AvgIpc) is 2.74. The summed E-state index contributed by atoms with van der Waals surface area (Å²) >= 11 is 2.10. The van der Waals surface area contributed by atoms with Crippen LogP contribution in [0.5, 0.6) is 5.95 Å². The van der Waals surface area contributed by atoms with Gasteiger partial charge < -0.3 is 9.52 Å². The molecule has 0 atom stereocenters. The zero-order valence-corrected chi connectivity index (χ0v) is 11.9. The van der Waals surface area contributed by atoms with Gasteiger partial charge in [-0.1, -0.05) is 30.3 Å². The molecule has 1 N–H and O–H groups in total. The molecule has 3 rings (SSSR count). The van der Waals surface area contributed by atoms with E-state index in [1.54, 1.807) is 30.3 Å². The fourth-order valence-electron chi connectivity index (χ4n) is 2.03. The van der Waals surface area contributed by atoms with Crippen molar-refractivity contribution >= 4 is 39.3 Å². The van der Waals surface area contributed by atoms with E-state index in [4.69, 9.17) is 4.42 Å². The Balaban J connectivity index is 2.23. The van der Waals surface area contributed by atoms with E-state index in [1.807, 2.05) is 18.2 Å². The van der Waals surface area contributed by atoms with Crippen LogP contribution in [0.2, 0.25) is 0 Å². The molecule has 3 aromatic rings. The molecule has 3 nitrogen and oxygen atoms in total. The SMILES string of the molecule is O=C(c1ccccc1I)c1c(O)oc2ccccc12. The third-order valence-corrected chi connectivity index (χ3v) is 3.86. The number of para-hydroxylation sites is 1. The Bertz CT molecular complexity index is 774. The van der Waals surface area contributed by atoms with E-state index in [0.717, 1.165) is 3.57 Å². The largest absolute Gasteiger partial charge is 0.480 e. The molecule has 0 saturated heterocycles. The first-order valence-electron chi connectivity index (χ1n) is 5.68. The van der Waals surface area contributed by atoms with Crippen molar-refractivity contribution in [3.05, 3.63) is 63.2 Å². The number of carbonyl (C=O) groups is 1. The van der Waals surface area contributed by atoms with Gasteiger partial charge in [-0.2, -0.15) is 0 Å². The van der Waals surface area contributed by atoms with Gasteiger partial charge >= 0.3 is 0 Å². The molecule has 19 heavy (non-hydrogen) atoms.